The van der Waals surface area contributed by atoms with Crippen molar-refractivity contribution in [1.29, 1.82) is 5.26 Å². The molecule has 0 aliphatic rings. The molecule has 0 bridgehead atoms. The average molecular weight is 176 g/mol. The molecule has 0 saturated heterocycles. The summed E-state index contributed by atoms with van der Waals surface area (Å²) in [6.45, 7) is 1.63. The molecule has 0 saturated carbocycles. The molecule has 2 nitrogen and oxygen atoms in total. The fourth-order valence-electron chi connectivity index (χ4n) is 1.07. The molecule has 3 heteroatoms. The van der Waals surface area contributed by atoms with Crippen LogP contribution < -0.4 is 5.73 Å². The van der Waals surface area contributed by atoms with Crippen LogP contribution in [0.25, 0.3) is 5.70 Å². The SMILES string of the molecule is Cc1c(F)cccc1/C(N)=C/C#N. The van der Waals surface area contributed by atoms with Crippen LogP contribution in [0.15, 0.2) is 24.3 Å². The zero-order valence-corrected chi connectivity index (χ0v) is 7.21. The maximum absolute atomic E-state index is 13.0. The summed E-state index contributed by atoms with van der Waals surface area (Å²) < 4.78 is 13.0. The Morgan fingerprint density at radius 3 is 2.92 bits per heavy atom. The first kappa shape index (κ1) is 9.27. The first-order valence-electron chi connectivity index (χ1n) is 3.77. The first-order chi connectivity index (χ1) is 6.16. The normalized spacial score (nSPS) is 11.0. The zero-order chi connectivity index (χ0) is 9.84. The van der Waals surface area contributed by atoms with Gasteiger partial charge >= 0.3 is 0 Å². The zero-order valence-electron chi connectivity index (χ0n) is 7.21. The van der Waals surface area contributed by atoms with E-state index in [1.165, 1.54) is 12.1 Å². The smallest absolute Gasteiger partial charge is 0.126 e. The molecule has 66 valence electrons. The van der Waals surface area contributed by atoms with Gasteiger partial charge in [-0.05, 0) is 18.6 Å². The highest BCUT2D eigenvalue weighted by atomic mass is 19.1. The van der Waals surface area contributed by atoms with Gasteiger partial charge in [0.15, 0.2) is 0 Å². The molecule has 0 fully saturated rings. The van der Waals surface area contributed by atoms with Crippen LogP contribution in [0.3, 0.4) is 0 Å². The van der Waals surface area contributed by atoms with E-state index in [1.54, 1.807) is 25.1 Å². The Labute approximate surface area is 76.1 Å². The van der Waals surface area contributed by atoms with Crippen LogP contribution in [0, 0.1) is 24.1 Å². The van der Waals surface area contributed by atoms with Gasteiger partial charge in [0, 0.05) is 17.3 Å². The molecular weight excluding hydrogens is 167 g/mol. The van der Waals surface area contributed by atoms with Gasteiger partial charge in [-0.2, -0.15) is 5.26 Å². The summed E-state index contributed by atoms with van der Waals surface area (Å²) in [5, 5.41) is 8.36. The molecule has 1 aromatic rings. The fraction of sp³-hybridized carbons (Fsp3) is 0.100. The lowest BCUT2D eigenvalue weighted by Gasteiger charge is -2.04. The highest BCUT2D eigenvalue weighted by Crippen LogP contribution is 2.16. The van der Waals surface area contributed by atoms with Gasteiger partial charge in [0.1, 0.15) is 5.82 Å². The molecule has 0 aliphatic heterocycles. The van der Waals surface area contributed by atoms with Crippen LogP contribution in [0.5, 0.6) is 0 Å². The Hall–Kier alpha value is -1.82. The van der Waals surface area contributed by atoms with Crippen LogP contribution in [0.4, 0.5) is 4.39 Å². The summed E-state index contributed by atoms with van der Waals surface area (Å²) in [6.07, 6.45) is 1.20. The second kappa shape index (κ2) is 3.72. The van der Waals surface area contributed by atoms with Gasteiger partial charge < -0.3 is 5.73 Å². The lowest BCUT2D eigenvalue weighted by Crippen LogP contribution is -1.99. The Morgan fingerprint density at radius 1 is 1.62 bits per heavy atom. The monoisotopic (exact) mass is 176 g/mol. The van der Waals surface area contributed by atoms with Crippen molar-refractivity contribution in [2.75, 3.05) is 0 Å². The molecule has 0 aliphatic carbocycles. The maximum Gasteiger partial charge on any atom is 0.126 e. The number of nitrogens with zero attached hydrogens (tertiary/aromatic N) is 1. The predicted molar refractivity (Wildman–Crippen MR) is 48.9 cm³/mol. The number of rotatable bonds is 1. The summed E-state index contributed by atoms with van der Waals surface area (Å²) in [4.78, 5) is 0. The second-order valence-electron chi connectivity index (χ2n) is 2.64. The van der Waals surface area contributed by atoms with E-state index in [1.807, 2.05) is 0 Å². The average Bonchev–Trinajstić information content (AvgIpc) is 2.10. The molecular formula is C10H9FN2. The number of nitrogens with two attached hydrogens (primary N) is 1. The third-order valence-corrected chi connectivity index (χ3v) is 1.80. The van der Waals surface area contributed by atoms with Crippen LogP contribution >= 0.6 is 0 Å². The molecule has 1 aromatic carbocycles. The van der Waals surface area contributed by atoms with Crippen molar-refractivity contribution in [3.05, 3.63) is 41.2 Å². The van der Waals surface area contributed by atoms with Crippen LogP contribution in [-0.4, -0.2) is 0 Å². The molecule has 2 N–H and O–H groups in total. The van der Waals surface area contributed by atoms with Crippen molar-refractivity contribution in [1.82, 2.24) is 0 Å². The van der Waals surface area contributed by atoms with E-state index in [2.05, 4.69) is 0 Å². The van der Waals surface area contributed by atoms with Crippen molar-refractivity contribution < 1.29 is 4.39 Å². The third-order valence-electron chi connectivity index (χ3n) is 1.80. The topological polar surface area (TPSA) is 49.8 Å². The standard InChI is InChI=1S/C10H9FN2/c1-7-8(10(13)5-6-12)3-2-4-9(7)11/h2-5H,13H2,1H3/b10-5-. The third kappa shape index (κ3) is 1.85. The minimum absolute atomic E-state index is 0.291. The lowest BCUT2D eigenvalue weighted by atomic mass is 10.1. The summed E-state index contributed by atoms with van der Waals surface area (Å²) in [7, 11) is 0. The largest absolute Gasteiger partial charge is 0.398 e. The van der Waals surface area contributed by atoms with Gasteiger partial charge in [0.2, 0.25) is 0 Å². The number of nitriles is 1. The van der Waals surface area contributed by atoms with E-state index in [0.29, 0.717) is 16.8 Å². The van der Waals surface area contributed by atoms with E-state index >= 15 is 0 Å². The number of hydrogen-bond donors (Lipinski definition) is 1. The highest BCUT2D eigenvalue weighted by Gasteiger charge is 2.04. The number of halogens is 1. The van der Waals surface area contributed by atoms with E-state index in [-0.39, 0.29) is 5.82 Å². The Morgan fingerprint density at radius 2 is 2.31 bits per heavy atom. The van der Waals surface area contributed by atoms with Gasteiger partial charge in [-0.3, -0.25) is 0 Å². The first-order valence-corrected chi connectivity index (χ1v) is 3.77. The van der Waals surface area contributed by atoms with Crippen LogP contribution in [0.1, 0.15) is 11.1 Å². The Bertz CT molecular complexity index is 388. The van der Waals surface area contributed by atoms with E-state index in [4.69, 9.17) is 11.0 Å². The molecule has 1 rings (SSSR count). The fourth-order valence-corrected chi connectivity index (χ4v) is 1.07. The van der Waals surface area contributed by atoms with Crippen molar-refractivity contribution >= 4 is 5.70 Å². The maximum atomic E-state index is 13.0. The predicted octanol–water partition coefficient (Wildman–Crippen LogP) is 1.96. The summed E-state index contributed by atoms with van der Waals surface area (Å²) in [6, 6.07) is 6.41. The Kier molecular flexibility index (Phi) is 2.65. The highest BCUT2D eigenvalue weighted by molar-refractivity contribution is 5.67. The minimum atomic E-state index is -0.313. The van der Waals surface area contributed by atoms with Crippen molar-refractivity contribution in [2.24, 2.45) is 5.73 Å². The Balaban J connectivity index is 3.25. The van der Waals surface area contributed by atoms with Crippen molar-refractivity contribution in [2.45, 2.75) is 6.92 Å². The van der Waals surface area contributed by atoms with Crippen molar-refractivity contribution in [3.63, 3.8) is 0 Å². The number of hydrogen-bond acceptors (Lipinski definition) is 2. The van der Waals surface area contributed by atoms with Gasteiger partial charge in [-0.1, -0.05) is 12.1 Å². The molecule has 0 unspecified atom stereocenters. The number of allylic oxidation sites excluding steroid dienone is 1. The number of benzene rings is 1. The minimum Gasteiger partial charge on any atom is -0.398 e. The second-order valence-corrected chi connectivity index (χ2v) is 2.64. The van der Waals surface area contributed by atoms with Gasteiger partial charge in [0.05, 0.1) is 6.07 Å². The summed E-state index contributed by atoms with van der Waals surface area (Å²) in [5.74, 6) is -0.313. The van der Waals surface area contributed by atoms with Gasteiger partial charge in [-0.15, -0.1) is 0 Å². The molecule has 0 heterocycles. The quantitative estimate of drug-likeness (QED) is 0.665. The van der Waals surface area contributed by atoms with E-state index in [0.717, 1.165) is 0 Å². The van der Waals surface area contributed by atoms with Crippen LogP contribution in [-0.2, 0) is 0 Å². The molecule has 0 radical (unpaired) electrons. The molecule has 13 heavy (non-hydrogen) atoms. The van der Waals surface area contributed by atoms with Crippen LogP contribution in [0.2, 0.25) is 0 Å². The van der Waals surface area contributed by atoms with E-state index in [9.17, 15) is 4.39 Å². The van der Waals surface area contributed by atoms with Crippen molar-refractivity contribution in [3.8, 4) is 6.07 Å². The molecule has 0 atom stereocenters. The summed E-state index contributed by atoms with van der Waals surface area (Å²) in [5.41, 5.74) is 6.87. The molecule has 0 spiro atoms. The van der Waals surface area contributed by atoms with Gasteiger partial charge in [0.25, 0.3) is 0 Å². The van der Waals surface area contributed by atoms with Gasteiger partial charge in [-0.25, -0.2) is 4.39 Å². The molecule has 0 aromatic heterocycles. The van der Waals surface area contributed by atoms with E-state index < -0.39 is 0 Å². The molecule has 0 amide bonds. The summed E-state index contributed by atoms with van der Waals surface area (Å²) >= 11 is 0. The lowest BCUT2D eigenvalue weighted by molar-refractivity contribution is 0.618.